The molecule has 0 aliphatic carbocycles. The van der Waals surface area contributed by atoms with Gasteiger partial charge in [-0.05, 0) is 42.1 Å². The van der Waals surface area contributed by atoms with Gasteiger partial charge in [-0.2, -0.15) is 8.42 Å². The maximum Gasteiger partial charge on any atom is 0.267 e. The van der Waals surface area contributed by atoms with Crippen molar-refractivity contribution in [3.63, 3.8) is 0 Å². The first kappa shape index (κ1) is 19.4. The van der Waals surface area contributed by atoms with E-state index < -0.39 is 10.1 Å². The van der Waals surface area contributed by atoms with Gasteiger partial charge >= 0.3 is 0 Å². The first-order valence-corrected chi connectivity index (χ1v) is 10.9. The monoisotopic (exact) mass is 407 g/mol. The van der Waals surface area contributed by atoms with Crippen molar-refractivity contribution < 1.29 is 17.3 Å². The minimum absolute atomic E-state index is 0.0609. The van der Waals surface area contributed by atoms with Crippen molar-refractivity contribution in [3.8, 4) is 17.0 Å². The molecule has 0 unspecified atom stereocenters. The molecule has 0 amide bonds. The lowest BCUT2D eigenvalue weighted by Gasteiger charge is -2.11. The van der Waals surface area contributed by atoms with Crippen molar-refractivity contribution >= 4 is 31.8 Å². The summed E-state index contributed by atoms with van der Waals surface area (Å²) in [5.74, 6) is 0.628. The molecule has 0 fully saturated rings. The van der Waals surface area contributed by atoms with Crippen LogP contribution in [0.2, 0.25) is 0 Å². The Balaban J connectivity index is 1.58. The van der Waals surface area contributed by atoms with E-state index in [2.05, 4.69) is 22.4 Å². The van der Waals surface area contributed by atoms with Crippen LogP contribution >= 0.6 is 0 Å². The van der Waals surface area contributed by atoms with Gasteiger partial charge in [-0.1, -0.05) is 42.5 Å². The van der Waals surface area contributed by atoms with Gasteiger partial charge in [0.15, 0.2) is 0 Å². The molecule has 5 nitrogen and oxygen atoms in total. The standard InChI is InChI=1S/C23H21NO4S/c1-27-29(25,26)16-6-15-28-18-13-11-17(12-14-18)23-21-9-3-2-7-19(21)20-8-4-5-10-22(20)24-23/h2-5,7-14H,6,15-16H2,1H3. The summed E-state index contributed by atoms with van der Waals surface area (Å²) in [7, 11) is -2.28. The zero-order chi connectivity index (χ0) is 20.3. The summed E-state index contributed by atoms with van der Waals surface area (Å²) >= 11 is 0. The Morgan fingerprint density at radius 1 is 0.828 bits per heavy atom. The molecule has 0 bridgehead atoms. The Morgan fingerprint density at radius 2 is 1.48 bits per heavy atom. The molecule has 1 heterocycles. The number of benzene rings is 3. The van der Waals surface area contributed by atoms with Crippen LogP contribution in [0.15, 0.2) is 72.8 Å². The molecule has 0 atom stereocenters. The number of para-hydroxylation sites is 1. The number of fused-ring (bicyclic) bond motifs is 3. The van der Waals surface area contributed by atoms with Crippen molar-refractivity contribution in [3.05, 3.63) is 72.8 Å². The van der Waals surface area contributed by atoms with Crippen LogP contribution in [-0.2, 0) is 14.3 Å². The van der Waals surface area contributed by atoms with Gasteiger partial charge in [0, 0.05) is 16.3 Å². The lowest BCUT2D eigenvalue weighted by atomic mass is 10.00. The van der Waals surface area contributed by atoms with E-state index in [0.717, 1.165) is 27.5 Å². The van der Waals surface area contributed by atoms with Crippen molar-refractivity contribution in [2.45, 2.75) is 6.42 Å². The lowest BCUT2D eigenvalue weighted by Crippen LogP contribution is -2.11. The van der Waals surface area contributed by atoms with Crippen LogP contribution in [0.3, 0.4) is 0 Å². The van der Waals surface area contributed by atoms with E-state index in [-0.39, 0.29) is 5.75 Å². The molecule has 0 saturated carbocycles. The second kappa shape index (κ2) is 8.19. The number of nitrogens with zero attached hydrogens (tertiary/aromatic N) is 1. The largest absolute Gasteiger partial charge is 0.494 e. The molecular weight excluding hydrogens is 386 g/mol. The topological polar surface area (TPSA) is 65.5 Å². The van der Waals surface area contributed by atoms with E-state index in [1.807, 2.05) is 54.6 Å². The quantitative estimate of drug-likeness (QED) is 0.250. The summed E-state index contributed by atoms with van der Waals surface area (Å²) in [6, 6.07) is 24.1. The predicted octanol–water partition coefficient (Wildman–Crippen LogP) is 4.80. The molecule has 3 aromatic carbocycles. The number of hydrogen-bond donors (Lipinski definition) is 0. The first-order valence-electron chi connectivity index (χ1n) is 9.36. The number of ether oxygens (including phenoxy) is 1. The minimum atomic E-state index is -3.44. The van der Waals surface area contributed by atoms with E-state index in [0.29, 0.717) is 18.8 Å². The van der Waals surface area contributed by atoms with E-state index in [9.17, 15) is 8.42 Å². The number of aromatic nitrogens is 1. The fourth-order valence-corrected chi connectivity index (χ4v) is 3.98. The highest BCUT2D eigenvalue weighted by Crippen LogP contribution is 2.32. The lowest BCUT2D eigenvalue weighted by molar-refractivity contribution is 0.314. The molecule has 0 radical (unpaired) electrons. The third kappa shape index (κ3) is 4.23. The smallest absolute Gasteiger partial charge is 0.267 e. The van der Waals surface area contributed by atoms with Crippen LogP contribution in [0.25, 0.3) is 32.9 Å². The summed E-state index contributed by atoms with van der Waals surface area (Å²) in [4.78, 5) is 4.89. The van der Waals surface area contributed by atoms with Gasteiger partial charge in [0.1, 0.15) is 5.75 Å². The Labute approximate surface area is 170 Å². The van der Waals surface area contributed by atoms with Crippen molar-refractivity contribution in [1.29, 1.82) is 0 Å². The van der Waals surface area contributed by atoms with Crippen LogP contribution in [0, 0.1) is 0 Å². The van der Waals surface area contributed by atoms with Crippen LogP contribution in [0.4, 0.5) is 0 Å². The molecule has 29 heavy (non-hydrogen) atoms. The van der Waals surface area contributed by atoms with Crippen LogP contribution in [0.5, 0.6) is 5.75 Å². The Morgan fingerprint density at radius 3 is 2.21 bits per heavy atom. The molecule has 0 spiro atoms. The molecule has 1 aromatic heterocycles. The highest BCUT2D eigenvalue weighted by Gasteiger charge is 2.10. The zero-order valence-corrected chi connectivity index (χ0v) is 16.9. The molecule has 4 aromatic rings. The summed E-state index contributed by atoms with van der Waals surface area (Å²) in [5.41, 5.74) is 2.89. The molecule has 0 aliphatic heterocycles. The summed E-state index contributed by atoms with van der Waals surface area (Å²) in [6.07, 6.45) is 0.370. The molecule has 0 aliphatic rings. The molecule has 148 valence electrons. The van der Waals surface area contributed by atoms with Crippen LogP contribution < -0.4 is 4.74 Å². The van der Waals surface area contributed by atoms with E-state index >= 15 is 0 Å². The van der Waals surface area contributed by atoms with Crippen LogP contribution in [0.1, 0.15) is 6.42 Å². The number of rotatable bonds is 7. The summed E-state index contributed by atoms with van der Waals surface area (Å²) in [5, 5.41) is 3.41. The van der Waals surface area contributed by atoms with E-state index in [4.69, 9.17) is 9.72 Å². The minimum Gasteiger partial charge on any atom is -0.494 e. The van der Waals surface area contributed by atoms with Crippen LogP contribution in [-0.4, -0.2) is 32.9 Å². The third-order valence-corrected chi connectivity index (χ3v) is 6.09. The summed E-state index contributed by atoms with van der Waals surface area (Å²) in [6.45, 7) is 0.305. The SMILES string of the molecule is COS(=O)(=O)CCCOc1ccc(-c2nc3ccccc3c3ccccc23)cc1. The first-order chi connectivity index (χ1) is 14.1. The maximum absolute atomic E-state index is 11.3. The maximum atomic E-state index is 11.3. The number of hydrogen-bond acceptors (Lipinski definition) is 5. The molecule has 6 heteroatoms. The highest BCUT2D eigenvalue weighted by molar-refractivity contribution is 7.86. The molecule has 0 saturated heterocycles. The molecule has 0 N–H and O–H groups in total. The second-order valence-corrected chi connectivity index (χ2v) is 8.53. The van der Waals surface area contributed by atoms with Crippen molar-refractivity contribution in [1.82, 2.24) is 4.98 Å². The predicted molar refractivity (Wildman–Crippen MR) is 116 cm³/mol. The normalized spacial score (nSPS) is 11.8. The fourth-order valence-electron chi connectivity index (χ4n) is 3.34. The van der Waals surface area contributed by atoms with E-state index in [1.54, 1.807) is 0 Å². The Bertz CT molecular complexity index is 1250. The van der Waals surface area contributed by atoms with Gasteiger partial charge in [0.2, 0.25) is 0 Å². The molecule has 4 rings (SSSR count). The third-order valence-electron chi connectivity index (χ3n) is 4.80. The van der Waals surface area contributed by atoms with Gasteiger partial charge in [-0.3, -0.25) is 4.18 Å². The highest BCUT2D eigenvalue weighted by atomic mass is 32.2. The van der Waals surface area contributed by atoms with Crippen molar-refractivity contribution in [2.75, 3.05) is 19.5 Å². The zero-order valence-electron chi connectivity index (χ0n) is 16.0. The summed E-state index contributed by atoms with van der Waals surface area (Å²) < 4.78 is 32.7. The molecular formula is C23H21NO4S. The van der Waals surface area contributed by atoms with Gasteiger partial charge in [0.05, 0.1) is 30.7 Å². The average Bonchev–Trinajstić information content (AvgIpc) is 2.77. The number of pyridine rings is 1. The van der Waals surface area contributed by atoms with Gasteiger partial charge < -0.3 is 4.74 Å². The Kier molecular flexibility index (Phi) is 5.47. The fraction of sp³-hybridized carbons (Fsp3) is 0.174. The van der Waals surface area contributed by atoms with Gasteiger partial charge in [0.25, 0.3) is 10.1 Å². The van der Waals surface area contributed by atoms with E-state index in [1.165, 1.54) is 12.5 Å². The van der Waals surface area contributed by atoms with Gasteiger partial charge in [-0.25, -0.2) is 4.98 Å². The average molecular weight is 407 g/mol. The Hall–Kier alpha value is -2.96. The van der Waals surface area contributed by atoms with Gasteiger partial charge in [-0.15, -0.1) is 0 Å². The van der Waals surface area contributed by atoms with Crippen molar-refractivity contribution in [2.24, 2.45) is 0 Å². The second-order valence-electron chi connectivity index (χ2n) is 6.68.